The third kappa shape index (κ3) is 4.82. The molecule has 0 heterocycles. The highest BCUT2D eigenvalue weighted by Crippen LogP contribution is 2.27. The van der Waals surface area contributed by atoms with Crippen LogP contribution in [0.1, 0.15) is 20.8 Å². The molecule has 21 heavy (non-hydrogen) atoms. The molecule has 0 aliphatic heterocycles. The summed E-state index contributed by atoms with van der Waals surface area (Å²) in [5.74, 6) is -0.605. The normalized spacial score (nSPS) is 12.4. The molecule has 6 nitrogen and oxygen atoms in total. The van der Waals surface area contributed by atoms with Crippen molar-refractivity contribution in [2.45, 2.75) is 26.8 Å². The molecule has 1 rings (SSSR count). The van der Waals surface area contributed by atoms with Gasteiger partial charge in [0.1, 0.15) is 11.8 Å². The number of nitrogens with one attached hydrogen (secondary N) is 2. The molecular weight excluding hydrogens is 296 g/mol. The number of urea groups is 1. The van der Waals surface area contributed by atoms with E-state index in [0.29, 0.717) is 16.5 Å². The van der Waals surface area contributed by atoms with Gasteiger partial charge in [-0.15, -0.1) is 0 Å². The van der Waals surface area contributed by atoms with Gasteiger partial charge in [0.2, 0.25) is 0 Å². The molecule has 1 unspecified atom stereocenters. The molecule has 0 saturated carbocycles. The van der Waals surface area contributed by atoms with Crippen molar-refractivity contribution in [3.8, 4) is 5.75 Å². The monoisotopic (exact) mass is 314 g/mol. The van der Waals surface area contributed by atoms with E-state index >= 15 is 0 Å². The highest BCUT2D eigenvalue weighted by atomic mass is 35.5. The van der Waals surface area contributed by atoms with Crippen LogP contribution in [0.25, 0.3) is 0 Å². The highest BCUT2D eigenvalue weighted by molar-refractivity contribution is 6.32. The Labute approximate surface area is 128 Å². The van der Waals surface area contributed by atoms with Crippen LogP contribution in [0.2, 0.25) is 5.02 Å². The predicted octanol–water partition coefficient (Wildman–Crippen LogP) is 2.97. The first-order valence-electron chi connectivity index (χ1n) is 6.29. The molecule has 0 radical (unpaired) electrons. The molecule has 0 saturated heterocycles. The average Bonchev–Trinajstić information content (AvgIpc) is 2.34. The molecule has 0 aliphatic carbocycles. The molecule has 7 heteroatoms. The van der Waals surface area contributed by atoms with E-state index in [-0.39, 0.29) is 0 Å². The second kappa shape index (κ2) is 6.67. The number of ether oxygens (including phenoxy) is 1. The fourth-order valence-corrected chi connectivity index (χ4v) is 1.95. The van der Waals surface area contributed by atoms with Gasteiger partial charge in [0.15, 0.2) is 0 Å². The number of halogens is 1. The molecule has 1 aromatic rings. The smallest absolute Gasteiger partial charge is 0.326 e. The standard InChI is InChI=1S/C14H19ClN2O4/c1-14(2,3)11(12(18)19)17-13(20)16-8-5-6-10(21-4)9(15)7-8/h5-7,11H,1-4H3,(H,18,19)(H2,16,17,20). The Morgan fingerprint density at radius 3 is 2.38 bits per heavy atom. The van der Waals surface area contributed by atoms with Gasteiger partial charge in [0, 0.05) is 5.69 Å². The molecule has 116 valence electrons. The first kappa shape index (κ1) is 17.1. The number of anilines is 1. The number of aliphatic carboxylic acids is 1. The molecule has 0 aromatic heterocycles. The fraction of sp³-hybridized carbons (Fsp3) is 0.429. The number of amides is 2. The number of carbonyl (C=O) groups excluding carboxylic acids is 1. The van der Waals surface area contributed by atoms with Crippen molar-refractivity contribution < 1.29 is 19.4 Å². The molecule has 1 aromatic carbocycles. The topological polar surface area (TPSA) is 87.7 Å². The van der Waals surface area contributed by atoms with Crippen molar-refractivity contribution in [3.05, 3.63) is 23.2 Å². The Hall–Kier alpha value is -1.95. The van der Waals surface area contributed by atoms with Gasteiger partial charge in [-0.3, -0.25) is 0 Å². The van der Waals surface area contributed by atoms with Crippen LogP contribution in [0.3, 0.4) is 0 Å². The number of hydrogen-bond donors (Lipinski definition) is 3. The van der Waals surface area contributed by atoms with Crippen LogP contribution in [0.15, 0.2) is 18.2 Å². The number of carboxylic acids is 1. The summed E-state index contributed by atoms with van der Waals surface area (Å²) >= 11 is 5.95. The quantitative estimate of drug-likeness (QED) is 0.797. The van der Waals surface area contributed by atoms with Crippen LogP contribution in [-0.4, -0.2) is 30.3 Å². The predicted molar refractivity (Wildman–Crippen MR) is 81.0 cm³/mol. The lowest BCUT2D eigenvalue weighted by atomic mass is 9.87. The minimum Gasteiger partial charge on any atom is -0.495 e. The minimum absolute atomic E-state index is 0.348. The lowest BCUT2D eigenvalue weighted by molar-refractivity contribution is -0.141. The summed E-state index contributed by atoms with van der Waals surface area (Å²) in [6, 6.07) is 3.12. The van der Waals surface area contributed by atoms with Gasteiger partial charge in [-0.05, 0) is 23.6 Å². The molecule has 1 atom stereocenters. The van der Waals surface area contributed by atoms with Crippen LogP contribution in [0, 0.1) is 5.41 Å². The van der Waals surface area contributed by atoms with Gasteiger partial charge in [-0.1, -0.05) is 32.4 Å². The van der Waals surface area contributed by atoms with Crippen LogP contribution < -0.4 is 15.4 Å². The van der Waals surface area contributed by atoms with Crippen LogP contribution >= 0.6 is 11.6 Å². The van der Waals surface area contributed by atoms with E-state index in [4.69, 9.17) is 21.4 Å². The van der Waals surface area contributed by atoms with Crippen molar-refractivity contribution in [1.82, 2.24) is 5.32 Å². The molecule has 0 bridgehead atoms. The van der Waals surface area contributed by atoms with Gasteiger partial charge >= 0.3 is 12.0 Å². The molecule has 0 fully saturated rings. The zero-order valence-corrected chi connectivity index (χ0v) is 13.1. The number of methoxy groups -OCH3 is 1. The molecule has 3 N–H and O–H groups in total. The van der Waals surface area contributed by atoms with Gasteiger partial charge in [0.05, 0.1) is 12.1 Å². The third-order valence-corrected chi connectivity index (χ3v) is 3.09. The summed E-state index contributed by atoms with van der Waals surface area (Å²) in [4.78, 5) is 23.1. The van der Waals surface area contributed by atoms with Gasteiger partial charge in [0.25, 0.3) is 0 Å². The first-order chi connectivity index (χ1) is 9.65. The zero-order valence-electron chi connectivity index (χ0n) is 12.4. The maximum atomic E-state index is 11.9. The summed E-state index contributed by atoms with van der Waals surface area (Å²) in [5.41, 5.74) is -0.169. The number of rotatable bonds is 4. The zero-order chi connectivity index (χ0) is 16.2. The average molecular weight is 315 g/mol. The van der Waals surface area contributed by atoms with Gasteiger partial charge in [-0.2, -0.15) is 0 Å². The number of hydrogen-bond acceptors (Lipinski definition) is 3. The summed E-state index contributed by atoms with van der Waals surface area (Å²) in [6.07, 6.45) is 0. The van der Waals surface area contributed by atoms with E-state index in [1.54, 1.807) is 32.9 Å². The summed E-state index contributed by atoms with van der Waals surface area (Å²) in [7, 11) is 1.49. The number of carboxylic acid groups (broad SMARTS) is 1. The van der Waals surface area contributed by atoms with E-state index in [1.807, 2.05) is 0 Å². The van der Waals surface area contributed by atoms with Crippen molar-refractivity contribution in [3.63, 3.8) is 0 Å². The van der Waals surface area contributed by atoms with Crippen molar-refractivity contribution >= 4 is 29.3 Å². The Morgan fingerprint density at radius 1 is 1.33 bits per heavy atom. The van der Waals surface area contributed by atoms with Crippen molar-refractivity contribution in [2.24, 2.45) is 5.41 Å². The maximum Gasteiger partial charge on any atom is 0.326 e. The van der Waals surface area contributed by atoms with E-state index < -0.39 is 23.5 Å². The largest absolute Gasteiger partial charge is 0.495 e. The number of carbonyl (C=O) groups is 2. The Kier molecular flexibility index (Phi) is 5.43. The van der Waals surface area contributed by atoms with Crippen molar-refractivity contribution in [2.75, 3.05) is 12.4 Å². The Balaban J connectivity index is 2.77. The molecule has 0 aliphatic rings. The second-order valence-corrected chi connectivity index (χ2v) is 5.99. The van der Waals surface area contributed by atoms with E-state index in [1.165, 1.54) is 13.2 Å². The van der Waals surface area contributed by atoms with Crippen LogP contribution in [-0.2, 0) is 4.79 Å². The van der Waals surface area contributed by atoms with E-state index in [0.717, 1.165) is 0 Å². The lowest BCUT2D eigenvalue weighted by Crippen LogP contribution is -2.50. The molecule has 0 spiro atoms. The lowest BCUT2D eigenvalue weighted by Gasteiger charge is -2.27. The maximum absolute atomic E-state index is 11.9. The van der Waals surface area contributed by atoms with Gasteiger partial charge in [-0.25, -0.2) is 9.59 Å². The molecule has 2 amide bonds. The second-order valence-electron chi connectivity index (χ2n) is 5.59. The highest BCUT2D eigenvalue weighted by Gasteiger charge is 2.32. The fourth-order valence-electron chi connectivity index (χ4n) is 1.69. The SMILES string of the molecule is COc1ccc(NC(=O)NC(C(=O)O)C(C)(C)C)cc1Cl. The van der Waals surface area contributed by atoms with Crippen LogP contribution in [0.5, 0.6) is 5.75 Å². The van der Waals surface area contributed by atoms with Gasteiger partial charge < -0.3 is 20.5 Å². The third-order valence-electron chi connectivity index (χ3n) is 2.80. The molecular formula is C14H19ClN2O4. The Bertz CT molecular complexity index is 540. The van der Waals surface area contributed by atoms with Crippen molar-refractivity contribution in [1.29, 1.82) is 0 Å². The summed E-state index contributed by atoms with van der Waals surface area (Å²) in [5, 5.41) is 14.5. The number of benzene rings is 1. The summed E-state index contributed by atoms with van der Waals surface area (Å²) < 4.78 is 5.01. The Morgan fingerprint density at radius 2 is 1.95 bits per heavy atom. The first-order valence-corrected chi connectivity index (χ1v) is 6.67. The van der Waals surface area contributed by atoms with E-state index in [2.05, 4.69) is 10.6 Å². The minimum atomic E-state index is -1.09. The van der Waals surface area contributed by atoms with E-state index in [9.17, 15) is 9.59 Å². The van der Waals surface area contributed by atoms with Crippen LogP contribution in [0.4, 0.5) is 10.5 Å². The summed E-state index contributed by atoms with van der Waals surface area (Å²) in [6.45, 7) is 5.20.